The third kappa shape index (κ3) is 3.73. The van der Waals surface area contributed by atoms with Crippen molar-refractivity contribution < 1.29 is 4.79 Å². The maximum atomic E-state index is 14.1. The van der Waals surface area contributed by atoms with Crippen LogP contribution >= 0.6 is 0 Å². The highest BCUT2D eigenvalue weighted by atomic mass is 16.2. The number of aromatic nitrogens is 2. The molecule has 3 aromatic rings. The Kier molecular flexibility index (Phi) is 5.60. The highest BCUT2D eigenvalue weighted by Gasteiger charge is 2.52. The Morgan fingerprint density at radius 1 is 0.857 bits per heavy atom. The molecule has 2 aliphatic heterocycles. The zero-order chi connectivity index (χ0) is 24.0. The summed E-state index contributed by atoms with van der Waals surface area (Å²) in [6.07, 6.45) is 5.53. The smallest absolute Gasteiger partial charge is 0.263 e. The van der Waals surface area contributed by atoms with E-state index < -0.39 is 5.54 Å². The number of nitrogens with zero attached hydrogens (tertiary/aromatic N) is 5. The lowest BCUT2D eigenvalue weighted by Crippen LogP contribution is -2.45. The Morgan fingerprint density at radius 3 is 2.26 bits per heavy atom. The molecule has 0 atom stereocenters. The molecular formula is C28H33N5O2. The molecule has 1 saturated heterocycles. The van der Waals surface area contributed by atoms with Gasteiger partial charge >= 0.3 is 0 Å². The van der Waals surface area contributed by atoms with Crippen molar-refractivity contribution >= 4 is 28.4 Å². The summed E-state index contributed by atoms with van der Waals surface area (Å²) < 4.78 is 1.75. The number of fused-ring (bicyclic) bond motifs is 3. The van der Waals surface area contributed by atoms with E-state index in [1.165, 1.54) is 5.69 Å². The minimum Gasteiger partial charge on any atom is -0.369 e. The molecule has 1 aromatic heterocycles. The van der Waals surface area contributed by atoms with Crippen molar-refractivity contribution in [3.05, 3.63) is 64.4 Å². The minimum atomic E-state index is -0.806. The van der Waals surface area contributed by atoms with Crippen LogP contribution in [0.2, 0.25) is 0 Å². The summed E-state index contributed by atoms with van der Waals surface area (Å²) in [4.78, 5) is 39.2. The second kappa shape index (κ2) is 8.79. The zero-order valence-corrected chi connectivity index (χ0v) is 20.4. The minimum absolute atomic E-state index is 0.0300. The summed E-state index contributed by atoms with van der Waals surface area (Å²) in [6.45, 7) is 4.61. The SMILES string of the molecule is CN1CCN(c2ccc(CN3C(=O)C4(CCCCCC4)n4c3nc3ccccc3c4=O)cc2)CC1. The van der Waals surface area contributed by atoms with Crippen molar-refractivity contribution in [2.24, 2.45) is 0 Å². The Hall–Kier alpha value is -3.19. The van der Waals surface area contributed by atoms with Crippen molar-refractivity contribution in [2.45, 2.75) is 50.6 Å². The number of hydrogen-bond acceptors (Lipinski definition) is 5. The average Bonchev–Trinajstić information content (AvgIpc) is 3.03. The molecule has 3 heterocycles. The van der Waals surface area contributed by atoms with E-state index in [4.69, 9.17) is 4.98 Å². The maximum absolute atomic E-state index is 14.1. The van der Waals surface area contributed by atoms with Crippen molar-refractivity contribution in [3.8, 4) is 0 Å². The van der Waals surface area contributed by atoms with E-state index in [9.17, 15) is 9.59 Å². The van der Waals surface area contributed by atoms with Gasteiger partial charge in [0.25, 0.3) is 11.5 Å². The fourth-order valence-electron chi connectivity index (χ4n) is 6.08. The number of carbonyl (C=O) groups is 1. The first-order valence-electron chi connectivity index (χ1n) is 12.9. The topological polar surface area (TPSA) is 61.7 Å². The molecule has 182 valence electrons. The molecule has 1 spiro atoms. The van der Waals surface area contributed by atoms with Crippen LogP contribution in [0.4, 0.5) is 11.6 Å². The molecule has 0 N–H and O–H groups in total. The molecule has 7 heteroatoms. The van der Waals surface area contributed by atoms with Gasteiger partial charge in [0, 0.05) is 31.9 Å². The normalized spacial score (nSPS) is 20.4. The van der Waals surface area contributed by atoms with E-state index in [-0.39, 0.29) is 11.5 Å². The van der Waals surface area contributed by atoms with Gasteiger partial charge in [-0.25, -0.2) is 4.98 Å². The number of likely N-dealkylation sites (N-methyl/N-ethyl adjacent to an activating group) is 1. The van der Waals surface area contributed by atoms with Gasteiger partial charge in [0.15, 0.2) is 0 Å². The quantitative estimate of drug-likeness (QED) is 0.582. The lowest BCUT2D eigenvalue weighted by molar-refractivity contribution is -0.126. The van der Waals surface area contributed by atoms with Gasteiger partial charge in [-0.05, 0) is 49.7 Å². The van der Waals surface area contributed by atoms with Crippen LogP contribution in [-0.2, 0) is 16.9 Å². The molecule has 1 saturated carbocycles. The summed E-state index contributed by atoms with van der Waals surface area (Å²) in [5.41, 5.74) is 2.03. The first-order chi connectivity index (χ1) is 17.1. The molecule has 1 aliphatic carbocycles. The standard InChI is InChI=1S/C28H33N5O2/c1-30-16-18-31(19-17-30)22-12-10-21(11-13-22)20-32-26(35)28(14-6-2-3-7-15-28)33-25(34)23-8-4-5-9-24(23)29-27(32)33/h4-5,8-13H,2-3,6-7,14-20H2,1H3. The molecule has 2 aromatic carbocycles. The number of rotatable bonds is 3. The van der Waals surface area contributed by atoms with Crippen molar-refractivity contribution in [2.75, 3.05) is 43.0 Å². The zero-order valence-electron chi connectivity index (χ0n) is 20.4. The van der Waals surface area contributed by atoms with Crippen LogP contribution in [0.5, 0.6) is 0 Å². The lowest BCUT2D eigenvalue weighted by Gasteiger charge is -2.34. The van der Waals surface area contributed by atoms with Crippen LogP contribution in [0.1, 0.15) is 44.1 Å². The van der Waals surface area contributed by atoms with Gasteiger partial charge in [-0.2, -0.15) is 0 Å². The van der Waals surface area contributed by atoms with E-state index in [2.05, 4.69) is 41.1 Å². The predicted molar refractivity (Wildman–Crippen MR) is 139 cm³/mol. The van der Waals surface area contributed by atoms with Crippen LogP contribution in [0.15, 0.2) is 53.3 Å². The summed E-state index contributed by atoms with van der Waals surface area (Å²) in [5.74, 6) is 0.534. The molecule has 35 heavy (non-hydrogen) atoms. The number of para-hydroxylation sites is 1. The molecule has 0 bridgehead atoms. The van der Waals surface area contributed by atoms with E-state index in [1.54, 1.807) is 9.47 Å². The lowest BCUT2D eigenvalue weighted by atomic mass is 9.89. The van der Waals surface area contributed by atoms with Gasteiger partial charge in [0.2, 0.25) is 5.95 Å². The van der Waals surface area contributed by atoms with Gasteiger partial charge < -0.3 is 9.80 Å². The second-order valence-corrected chi connectivity index (χ2v) is 10.4. The predicted octanol–water partition coefficient (Wildman–Crippen LogP) is 3.74. The Bertz CT molecular complexity index is 1300. The highest BCUT2D eigenvalue weighted by Crippen LogP contribution is 2.43. The molecule has 6 rings (SSSR count). The van der Waals surface area contributed by atoms with Gasteiger partial charge in [-0.15, -0.1) is 0 Å². The van der Waals surface area contributed by atoms with Crippen LogP contribution in [-0.4, -0.2) is 53.6 Å². The van der Waals surface area contributed by atoms with Gasteiger partial charge in [-0.1, -0.05) is 49.9 Å². The number of carbonyl (C=O) groups excluding carboxylic acids is 1. The van der Waals surface area contributed by atoms with Gasteiger partial charge in [-0.3, -0.25) is 19.1 Å². The van der Waals surface area contributed by atoms with E-state index in [1.807, 2.05) is 24.3 Å². The summed E-state index contributed by atoms with van der Waals surface area (Å²) >= 11 is 0. The van der Waals surface area contributed by atoms with E-state index >= 15 is 0 Å². The number of hydrogen-bond donors (Lipinski definition) is 0. The van der Waals surface area contributed by atoms with Crippen LogP contribution < -0.4 is 15.4 Å². The molecule has 0 unspecified atom stereocenters. The molecule has 2 fully saturated rings. The maximum Gasteiger partial charge on any atom is 0.263 e. The average molecular weight is 472 g/mol. The summed E-state index contributed by atoms with van der Waals surface area (Å²) in [5, 5.41) is 0.589. The number of amides is 1. The highest BCUT2D eigenvalue weighted by molar-refractivity contribution is 6.02. The van der Waals surface area contributed by atoms with Crippen molar-refractivity contribution in [1.82, 2.24) is 14.5 Å². The molecule has 7 nitrogen and oxygen atoms in total. The number of anilines is 2. The van der Waals surface area contributed by atoms with E-state index in [0.717, 1.165) is 57.4 Å². The second-order valence-electron chi connectivity index (χ2n) is 10.4. The first kappa shape index (κ1) is 22.3. The van der Waals surface area contributed by atoms with Gasteiger partial charge in [0.05, 0.1) is 17.4 Å². The monoisotopic (exact) mass is 471 g/mol. The summed E-state index contributed by atoms with van der Waals surface area (Å²) in [7, 11) is 2.16. The van der Waals surface area contributed by atoms with Crippen LogP contribution in [0.3, 0.4) is 0 Å². The van der Waals surface area contributed by atoms with Crippen LogP contribution in [0.25, 0.3) is 10.9 Å². The molecular weight excluding hydrogens is 438 g/mol. The largest absolute Gasteiger partial charge is 0.369 e. The fourth-order valence-corrected chi connectivity index (χ4v) is 6.08. The van der Waals surface area contributed by atoms with Crippen LogP contribution in [0, 0.1) is 0 Å². The number of benzene rings is 2. The van der Waals surface area contributed by atoms with E-state index in [0.29, 0.717) is 36.2 Å². The Morgan fingerprint density at radius 2 is 1.54 bits per heavy atom. The Labute approximate surface area is 206 Å². The molecule has 3 aliphatic rings. The number of piperazine rings is 1. The van der Waals surface area contributed by atoms with Crippen molar-refractivity contribution in [3.63, 3.8) is 0 Å². The first-order valence-corrected chi connectivity index (χ1v) is 12.9. The molecule has 1 amide bonds. The fraction of sp³-hybridized carbons (Fsp3) is 0.464. The summed E-state index contributed by atoms with van der Waals surface area (Å²) in [6, 6.07) is 16.0. The Balaban J connectivity index is 1.37. The van der Waals surface area contributed by atoms with Crippen molar-refractivity contribution in [1.29, 1.82) is 0 Å². The molecule has 0 radical (unpaired) electrons. The third-order valence-electron chi connectivity index (χ3n) is 8.15. The van der Waals surface area contributed by atoms with Gasteiger partial charge in [0.1, 0.15) is 5.54 Å². The third-order valence-corrected chi connectivity index (χ3v) is 8.15.